The first-order chi connectivity index (χ1) is 8.99. The second kappa shape index (κ2) is 5.32. The Morgan fingerprint density at radius 1 is 1.42 bits per heavy atom. The molecule has 0 aliphatic carbocycles. The molecule has 1 N–H and O–H groups in total. The van der Waals surface area contributed by atoms with Gasteiger partial charge in [-0.15, -0.1) is 0 Å². The molecule has 0 fully saturated rings. The topological polar surface area (TPSA) is 58.6 Å². The number of pyridine rings is 1. The molecule has 102 valence electrons. The molecule has 0 aliphatic rings. The van der Waals surface area contributed by atoms with Crippen molar-refractivity contribution in [3.05, 3.63) is 51.8 Å². The summed E-state index contributed by atoms with van der Waals surface area (Å²) in [5.41, 5.74) is 1.06. The van der Waals surface area contributed by atoms with Crippen molar-refractivity contribution in [1.29, 1.82) is 0 Å². The van der Waals surface area contributed by atoms with Crippen LogP contribution in [0.3, 0.4) is 0 Å². The molecule has 5 nitrogen and oxygen atoms in total. The molecule has 0 amide bonds. The molecule has 0 unspecified atom stereocenters. The number of hydrogen-bond donors (Lipinski definition) is 1. The van der Waals surface area contributed by atoms with E-state index in [2.05, 4.69) is 0 Å². The van der Waals surface area contributed by atoms with Gasteiger partial charge >= 0.3 is 0 Å². The summed E-state index contributed by atoms with van der Waals surface area (Å²) in [6, 6.07) is 5.13. The number of nitrogens with zero attached hydrogens (tertiary/aromatic N) is 2. The Hall–Kier alpha value is -2.01. The molecule has 5 heteroatoms. The van der Waals surface area contributed by atoms with Gasteiger partial charge in [-0.3, -0.25) is 4.79 Å². The third-order valence-electron chi connectivity index (χ3n) is 2.96. The van der Waals surface area contributed by atoms with Crippen LogP contribution < -0.4 is 5.43 Å². The molecule has 2 heterocycles. The molecular weight excluding hydrogens is 244 g/mol. The van der Waals surface area contributed by atoms with E-state index in [1.54, 1.807) is 6.26 Å². The fourth-order valence-electron chi connectivity index (χ4n) is 2.06. The highest BCUT2D eigenvalue weighted by molar-refractivity contribution is 5.30. The molecule has 19 heavy (non-hydrogen) atoms. The largest absolute Gasteiger partial charge is 0.503 e. The summed E-state index contributed by atoms with van der Waals surface area (Å²) in [5, 5.41) is 9.99. The average Bonchev–Trinajstić information content (AvgIpc) is 2.83. The van der Waals surface area contributed by atoms with Gasteiger partial charge in [0, 0.05) is 18.3 Å². The molecular formula is C14H18N2O3. The van der Waals surface area contributed by atoms with Crippen molar-refractivity contribution in [2.45, 2.75) is 20.0 Å². The summed E-state index contributed by atoms with van der Waals surface area (Å²) in [4.78, 5) is 13.6. The van der Waals surface area contributed by atoms with E-state index in [1.165, 1.54) is 6.07 Å². The van der Waals surface area contributed by atoms with Crippen LogP contribution in [0.1, 0.15) is 17.1 Å². The Morgan fingerprint density at radius 3 is 2.74 bits per heavy atom. The fourth-order valence-corrected chi connectivity index (χ4v) is 2.06. The van der Waals surface area contributed by atoms with Crippen LogP contribution in [0.25, 0.3) is 0 Å². The number of aromatic nitrogens is 1. The predicted molar refractivity (Wildman–Crippen MR) is 72.3 cm³/mol. The first-order valence-corrected chi connectivity index (χ1v) is 6.08. The number of furan rings is 1. The SMILES string of the molecule is Cc1cc(=O)c(O)c(CN(C)C)n1Cc1ccco1. The highest BCUT2D eigenvalue weighted by Crippen LogP contribution is 2.18. The fraction of sp³-hybridized carbons (Fsp3) is 0.357. The van der Waals surface area contributed by atoms with Gasteiger partial charge in [0.1, 0.15) is 5.76 Å². The van der Waals surface area contributed by atoms with Gasteiger partial charge < -0.3 is 19.0 Å². The number of aromatic hydroxyl groups is 1. The second-order valence-corrected chi connectivity index (χ2v) is 4.85. The first-order valence-electron chi connectivity index (χ1n) is 6.08. The zero-order chi connectivity index (χ0) is 14.0. The number of rotatable bonds is 4. The Bertz CT molecular complexity index is 612. The highest BCUT2D eigenvalue weighted by atomic mass is 16.3. The van der Waals surface area contributed by atoms with Crippen LogP contribution in [-0.2, 0) is 13.1 Å². The van der Waals surface area contributed by atoms with Crippen molar-refractivity contribution in [3.8, 4) is 5.75 Å². The number of aryl methyl sites for hydroxylation is 1. The Kier molecular flexibility index (Phi) is 3.76. The van der Waals surface area contributed by atoms with E-state index in [0.717, 1.165) is 11.5 Å². The molecule has 0 saturated heterocycles. The molecule has 0 radical (unpaired) electrons. The van der Waals surface area contributed by atoms with Crippen LogP contribution in [0, 0.1) is 6.92 Å². The zero-order valence-corrected chi connectivity index (χ0v) is 11.4. The predicted octanol–water partition coefficient (Wildman–Crippen LogP) is 1.57. The maximum absolute atomic E-state index is 11.7. The maximum atomic E-state index is 11.7. The quantitative estimate of drug-likeness (QED) is 0.908. The summed E-state index contributed by atoms with van der Waals surface area (Å²) in [7, 11) is 3.78. The molecule has 0 spiro atoms. The van der Waals surface area contributed by atoms with Crippen LogP contribution >= 0.6 is 0 Å². The monoisotopic (exact) mass is 262 g/mol. The third kappa shape index (κ3) is 2.88. The van der Waals surface area contributed by atoms with Gasteiger partial charge in [0.2, 0.25) is 5.43 Å². The lowest BCUT2D eigenvalue weighted by Crippen LogP contribution is -2.22. The smallest absolute Gasteiger partial charge is 0.223 e. The lowest BCUT2D eigenvalue weighted by molar-refractivity contribution is 0.360. The Labute approximate surface area is 111 Å². The summed E-state index contributed by atoms with van der Waals surface area (Å²) in [6.45, 7) is 2.84. The Balaban J connectivity index is 2.50. The average molecular weight is 262 g/mol. The molecule has 2 aromatic rings. The van der Waals surface area contributed by atoms with E-state index >= 15 is 0 Å². The van der Waals surface area contributed by atoms with Crippen molar-refractivity contribution in [2.24, 2.45) is 0 Å². The summed E-state index contributed by atoms with van der Waals surface area (Å²) < 4.78 is 7.23. The van der Waals surface area contributed by atoms with E-state index in [1.807, 2.05) is 42.6 Å². The van der Waals surface area contributed by atoms with E-state index < -0.39 is 0 Å². The van der Waals surface area contributed by atoms with Gasteiger partial charge in [-0.1, -0.05) is 0 Å². The van der Waals surface area contributed by atoms with Gasteiger partial charge in [-0.25, -0.2) is 0 Å². The van der Waals surface area contributed by atoms with Gasteiger partial charge in [0.05, 0.1) is 18.5 Å². The van der Waals surface area contributed by atoms with E-state index in [9.17, 15) is 9.90 Å². The zero-order valence-electron chi connectivity index (χ0n) is 11.4. The van der Waals surface area contributed by atoms with Gasteiger partial charge in [0.25, 0.3) is 0 Å². The van der Waals surface area contributed by atoms with Crippen molar-refractivity contribution in [1.82, 2.24) is 9.47 Å². The number of hydrogen-bond acceptors (Lipinski definition) is 4. The lowest BCUT2D eigenvalue weighted by atomic mass is 10.2. The second-order valence-electron chi connectivity index (χ2n) is 4.85. The molecule has 2 rings (SSSR count). The van der Waals surface area contributed by atoms with Crippen LogP contribution in [-0.4, -0.2) is 28.7 Å². The molecule has 0 aliphatic heterocycles. The third-order valence-corrected chi connectivity index (χ3v) is 2.96. The van der Waals surface area contributed by atoms with E-state index in [-0.39, 0.29) is 11.2 Å². The summed E-state index contributed by atoms with van der Waals surface area (Å²) in [6.07, 6.45) is 1.61. The molecule has 2 aromatic heterocycles. The standard InChI is InChI=1S/C14H18N2O3/c1-10-7-13(17)14(18)12(9-15(2)3)16(10)8-11-5-4-6-19-11/h4-7,18H,8-9H2,1-3H3. The van der Waals surface area contributed by atoms with Crippen molar-refractivity contribution < 1.29 is 9.52 Å². The van der Waals surface area contributed by atoms with E-state index in [4.69, 9.17) is 4.42 Å². The highest BCUT2D eigenvalue weighted by Gasteiger charge is 2.14. The minimum atomic E-state index is -0.343. The molecule has 0 atom stereocenters. The van der Waals surface area contributed by atoms with Crippen molar-refractivity contribution in [3.63, 3.8) is 0 Å². The summed E-state index contributed by atoms with van der Waals surface area (Å²) >= 11 is 0. The van der Waals surface area contributed by atoms with Crippen molar-refractivity contribution in [2.75, 3.05) is 14.1 Å². The van der Waals surface area contributed by atoms with Crippen LogP contribution in [0.2, 0.25) is 0 Å². The van der Waals surface area contributed by atoms with Crippen LogP contribution in [0.4, 0.5) is 0 Å². The molecule has 0 bridgehead atoms. The van der Waals surface area contributed by atoms with Gasteiger partial charge in [0.15, 0.2) is 5.75 Å². The molecule has 0 saturated carbocycles. The summed E-state index contributed by atoms with van der Waals surface area (Å²) in [5.74, 6) is 0.594. The molecule has 0 aromatic carbocycles. The van der Waals surface area contributed by atoms with Crippen molar-refractivity contribution >= 4 is 0 Å². The lowest BCUT2D eigenvalue weighted by Gasteiger charge is -2.19. The minimum Gasteiger partial charge on any atom is -0.503 e. The van der Waals surface area contributed by atoms with Gasteiger partial charge in [-0.2, -0.15) is 0 Å². The minimum absolute atomic E-state index is 0.189. The van der Waals surface area contributed by atoms with Crippen LogP contribution in [0.5, 0.6) is 5.75 Å². The maximum Gasteiger partial charge on any atom is 0.223 e. The van der Waals surface area contributed by atoms with Gasteiger partial charge in [-0.05, 0) is 33.2 Å². The Morgan fingerprint density at radius 2 is 2.16 bits per heavy atom. The normalized spacial score (nSPS) is 11.2. The van der Waals surface area contributed by atoms with E-state index in [0.29, 0.717) is 18.8 Å². The van der Waals surface area contributed by atoms with Crippen LogP contribution in [0.15, 0.2) is 33.7 Å². The first kappa shape index (κ1) is 13.4.